The molecule has 0 bridgehead atoms. The van der Waals surface area contributed by atoms with Crippen LogP contribution in [-0.4, -0.2) is 23.2 Å². The van der Waals surface area contributed by atoms with Crippen LogP contribution in [0.4, 0.5) is 0 Å². The third-order valence-electron chi connectivity index (χ3n) is 5.66. The molecule has 0 fully saturated rings. The van der Waals surface area contributed by atoms with Crippen LogP contribution < -0.4 is 9.47 Å². The molecule has 4 rings (SSSR count). The molecule has 0 aliphatic rings. The number of ether oxygens (including phenoxy) is 2. The lowest BCUT2D eigenvalue weighted by Gasteiger charge is -2.12. The number of carbonyl (C=O) groups is 1. The van der Waals surface area contributed by atoms with Crippen LogP contribution in [0.2, 0.25) is 0 Å². The van der Waals surface area contributed by atoms with E-state index < -0.39 is 5.97 Å². The van der Waals surface area contributed by atoms with Gasteiger partial charge in [-0.2, -0.15) is 0 Å². The number of aromatic amines is 1. The number of benzene rings is 3. The molecule has 176 valence electrons. The summed E-state index contributed by atoms with van der Waals surface area (Å²) < 4.78 is 13.1. The molecule has 0 saturated carbocycles. The fraction of sp³-hybridized carbons (Fsp3) is 0.222. The molecule has 0 aliphatic heterocycles. The van der Waals surface area contributed by atoms with E-state index in [0.29, 0.717) is 12.2 Å². The molecule has 1 aromatic heterocycles. The summed E-state index contributed by atoms with van der Waals surface area (Å²) in [5, 5.41) is 10.1. The minimum absolute atomic E-state index is 0.0833. The Kier molecular flexibility index (Phi) is 7.63. The van der Waals surface area contributed by atoms with Gasteiger partial charge in [-0.15, -0.1) is 0 Å². The van der Waals surface area contributed by atoms with E-state index in [4.69, 9.17) is 14.6 Å². The van der Waals surface area contributed by atoms with Gasteiger partial charge in [0.15, 0.2) is 5.75 Å². The van der Waals surface area contributed by atoms with E-state index in [-0.39, 0.29) is 6.42 Å². The summed E-state index contributed by atoms with van der Waals surface area (Å²) in [5.74, 6) is 1.40. The lowest BCUT2D eigenvalue weighted by molar-refractivity contribution is -0.136. The summed E-state index contributed by atoms with van der Waals surface area (Å²) in [4.78, 5) is 14.5. The number of hydrogen-bond acceptors (Lipinski definition) is 3. The van der Waals surface area contributed by atoms with Gasteiger partial charge in [-0.3, -0.25) is 4.79 Å². The second-order valence-electron chi connectivity index (χ2n) is 8.05. The maximum absolute atomic E-state index is 10.9. The predicted octanol–water partition coefficient (Wildman–Crippen LogP) is 8.13. The Balaban J connectivity index is 1.68. The highest BCUT2D eigenvalue weighted by atomic mass is 79.9. The first kappa shape index (κ1) is 24.4. The highest BCUT2D eigenvalue weighted by molar-refractivity contribution is 9.11. The lowest BCUT2D eigenvalue weighted by atomic mass is 10.0. The van der Waals surface area contributed by atoms with Gasteiger partial charge in [-0.05, 0) is 116 Å². The number of aliphatic carboxylic acids is 1. The van der Waals surface area contributed by atoms with Crippen molar-refractivity contribution in [1.29, 1.82) is 0 Å². The SMILES string of the molecule is CCCc1c(-c2ccc(OC)cc2)[nH]c2ccc(Oc3c(Br)cc(CCC(=O)O)cc3Br)cc12. The van der Waals surface area contributed by atoms with Gasteiger partial charge in [0.1, 0.15) is 11.5 Å². The molecule has 7 heteroatoms. The van der Waals surface area contributed by atoms with E-state index in [2.05, 4.69) is 62.0 Å². The molecule has 4 aromatic rings. The Labute approximate surface area is 215 Å². The molecule has 34 heavy (non-hydrogen) atoms. The molecule has 2 N–H and O–H groups in total. The standard InChI is InChI=1S/C27H25Br2NO4/c1-3-4-20-21-15-19(34-27-22(28)13-16(14-23(27)29)5-12-25(31)32)10-11-24(21)30-26(20)17-6-8-18(33-2)9-7-17/h6-11,13-15,30H,3-5,12H2,1-2H3,(H,31,32). The van der Waals surface area contributed by atoms with Gasteiger partial charge in [-0.25, -0.2) is 0 Å². The Hall–Kier alpha value is -2.77. The first-order chi connectivity index (χ1) is 16.4. The van der Waals surface area contributed by atoms with Crippen molar-refractivity contribution >= 4 is 48.7 Å². The van der Waals surface area contributed by atoms with Crippen molar-refractivity contribution in [3.63, 3.8) is 0 Å². The third-order valence-corrected chi connectivity index (χ3v) is 6.84. The fourth-order valence-corrected chi connectivity index (χ4v) is 5.47. The van der Waals surface area contributed by atoms with Gasteiger partial charge in [0, 0.05) is 23.0 Å². The fourth-order valence-electron chi connectivity index (χ4n) is 4.03. The maximum atomic E-state index is 10.9. The van der Waals surface area contributed by atoms with Crippen LogP contribution in [0.5, 0.6) is 17.2 Å². The van der Waals surface area contributed by atoms with Crippen LogP contribution in [0, 0.1) is 0 Å². The van der Waals surface area contributed by atoms with E-state index >= 15 is 0 Å². The predicted molar refractivity (Wildman–Crippen MR) is 142 cm³/mol. The second-order valence-corrected chi connectivity index (χ2v) is 9.76. The Morgan fingerprint density at radius 3 is 2.26 bits per heavy atom. The number of rotatable bonds is 9. The summed E-state index contributed by atoms with van der Waals surface area (Å²) in [6, 6.07) is 18.0. The van der Waals surface area contributed by atoms with Crippen molar-refractivity contribution in [1.82, 2.24) is 4.98 Å². The molecule has 0 spiro atoms. The smallest absolute Gasteiger partial charge is 0.303 e. The number of hydrogen-bond donors (Lipinski definition) is 2. The highest BCUT2D eigenvalue weighted by Crippen LogP contribution is 2.40. The number of halogens is 2. The molecule has 0 saturated heterocycles. The first-order valence-corrected chi connectivity index (χ1v) is 12.6. The van der Waals surface area contributed by atoms with E-state index in [1.807, 2.05) is 36.4 Å². The number of aryl methyl sites for hydroxylation is 2. The van der Waals surface area contributed by atoms with Crippen molar-refractivity contribution in [2.45, 2.75) is 32.6 Å². The van der Waals surface area contributed by atoms with Gasteiger partial charge >= 0.3 is 5.97 Å². The van der Waals surface area contributed by atoms with Crippen molar-refractivity contribution in [3.8, 4) is 28.5 Å². The summed E-state index contributed by atoms with van der Waals surface area (Å²) >= 11 is 7.16. The summed E-state index contributed by atoms with van der Waals surface area (Å²) in [6.07, 6.45) is 2.50. The van der Waals surface area contributed by atoms with Gasteiger partial charge in [-0.1, -0.05) is 13.3 Å². The molecule has 1 heterocycles. The monoisotopic (exact) mass is 585 g/mol. The zero-order chi connectivity index (χ0) is 24.2. The van der Waals surface area contributed by atoms with Crippen LogP contribution in [0.25, 0.3) is 22.2 Å². The van der Waals surface area contributed by atoms with Crippen LogP contribution >= 0.6 is 31.9 Å². The van der Waals surface area contributed by atoms with Crippen molar-refractivity contribution < 1.29 is 19.4 Å². The summed E-state index contributed by atoms with van der Waals surface area (Å²) in [6.45, 7) is 2.18. The number of H-pyrrole nitrogens is 1. The van der Waals surface area contributed by atoms with E-state index in [1.165, 1.54) is 5.56 Å². The quantitative estimate of drug-likeness (QED) is 0.208. The molecule has 0 aliphatic carbocycles. The topological polar surface area (TPSA) is 71.5 Å². The molecular weight excluding hydrogens is 562 g/mol. The maximum Gasteiger partial charge on any atom is 0.303 e. The largest absolute Gasteiger partial charge is 0.497 e. The van der Waals surface area contributed by atoms with Crippen molar-refractivity contribution in [2.24, 2.45) is 0 Å². The number of aromatic nitrogens is 1. The molecule has 3 aromatic carbocycles. The van der Waals surface area contributed by atoms with Crippen LogP contribution in [-0.2, 0) is 17.6 Å². The minimum Gasteiger partial charge on any atom is -0.497 e. The third kappa shape index (κ3) is 5.31. The van der Waals surface area contributed by atoms with Gasteiger partial charge < -0.3 is 19.6 Å². The number of fused-ring (bicyclic) bond motifs is 1. The average Bonchev–Trinajstić information content (AvgIpc) is 3.18. The van der Waals surface area contributed by atoms with E-state index in [1.54, 1.807) is 7.11 Å². The van der Waals surface area contributed by atoms with E-state index in [9.17, 15) is 4.79 Å². The normalized spacial score (nSPS) is 11.1. The summed E-state index contributed by atoms with van der Waals surface area (Å²) in [5.41, 5.74) is 5.47. The lowest BCUT2D eigenvalue weighted by Crippen LogP contribution is -1.98. The Bertz CT molecular complexity index is 1310. The number of carboxylic acids is 1. The zero-order valence-corrected chi connectivity index (χ0v) is 22.1. The number of methoxy groups -OCH3 is 1. The molecule has 5 nitrogen and oxygen atoms in total. The molecule has 0 radical (unpaired) electrons. The van der Waals surface area contributed by atoms with Crippen molar-refractivity contribution in [3.05, 3.63) is 74.7 Å². The summed E-state index contributed by atoms with van der Waals surface area (Å²) in [7, 11) is 1.67. The number of nitrogens with one attached hydrogen (secondary N) is 1. The minimum atomic E-state index is -0.815. The Morgan fingerprint density at radius 2 is 1.65 bits per heavy atom. The van der Waals surface area contributed by atoms with Crippen LogP contribution in [0.1, 0.15) is 30.9 Å². The second kappa shape index (κ2) is 10.7. The Morgan fingerprint density at radius 1 is 0.971 bits per heavy atom. The highest BCUT2D eigenvalue weighted by Gasteiger charge is 2.16. The molecule has 0 atom stereocenters. The van der Waals surface area contributed by atoms with Crippen LogP contribution in [0.3, 0.4) is 0 Å². The van der Waals surface area contributed by atoms with Crippen LogP contribution in [0.15, 0.2) is 63.5 Å². The molecule has 0 amide bonds. The molecule has 0 unspecified atom stereocenters. The average molecular weight is 587 g/mol. The molecular formula is C27H25Br2NO4. The van der Waals surface area contributed by atoms with Crippen molar-refractivity contribution in [2.75, 3.05) is 7.11 Å². The van der Waals surface area contributed by atoms with Gasteiger partial charge in [0.2, 0.25) is 0 Å². The zero-order valence-electron chi connectivity index (χ0n) is 19.0. The number of carboxylic acid groups (broad SMARTS) is 1. The van der Waals surface area contributed by atoms with Gasteiger partial charge in [0.05, 0.1) is 16.1 Å². The van der Waals surface area contributed by atoms with Gasteiger partial charge in [0.25, 0.3) is 0 Å². The van der Waals surface area contributed by atoms with E-state index in [0.717, 1.165) is 61.0 Å². The first-order valence-electron chi connectivity index (χ1n) is 11.1.